The fourth-order valence-electron chi connectivity index (χ4n) is 2.70. The van der Waals surface area contributed by atoms with E-state index in [-0.39, 0.29) is 31.2 Å². The van der Waals surface area contributed by atoms with Gasteiger partial charge in [0.05, 0.1) is 13.2 Å². The summed E-state index contributed by atoms with van der Waals surface area (Å²) in [6, 6.07) is 9.03. The van der Waals surface area contributed by atoms with Gasteiger partial charge in [-0.25, -0.2) is 9.59 Å². The average Bonchev–Trinajstić information content (AvgIpc) is 2.72. The van der Waals surface area contributed by atoms with Gasteiger partial charge in [-0.2, -0.15) is 0 Å². The molecule has 0 bridgehead atoms. The number of methoxy groups -OCH3 is 1. The highest BCUT2D eigenvalue weighted by atomic mass is 16.5. The van der Waals surface area contributed by atoms with Gasteiger partial charge in [0.15, 0.2) is 12.3 Å². The molecule has 0 spiro atoms. The van der Waals surface area contributed by atoms with Crippen molar-refractivity contribution in [2.45, 2.75) is 13.5 Å². The molecule has 1 aromatic carbocycles. The SMILES string of the molecule is C/C=C/C(=O)OCC(=O)N(CCOC)c1c(N)n(Cc2ccccc2)c(=O)[nH]c1=O. The van der Waals surface area contributed by atoms with E-state index in [2.05, 4.69) is 4.98 Å². The standard InChI is InChI=1S/C20H24N4O6/c1-3-7-16(26)30-13-15(25)23(10-11-29-2)17-18(21)24(20(28)22-19(17)27)12-14-8-5-4-6-9-14/h3-9H,10-13,21H2,1-2H3,(H,22,27,28)/b7-3+. The molecule has 1 amide bonds. The quantitative estimate of drug-likeness (QED) is 0.442. The number of aromatic nitrogens is 2. The molecular weight excluding hydrogens is 392 g/mol. The van der Waals surface area contributed by atoms with Crippen molar-refractivity contribution in [1.29, 1.82) is 0 Å². The van der Waals surface area contributed by atoms with Crippen LogP contribution in [0.4, 0.5) is 11.5 Å². The Kier molecular flexibility index (Phi) is 8.12. The molecule has 10 heteroatoms. The summed E-state index contributed by atoms with van der Waals surface area (Å²) in [7, 11) is 1.43. The topological polar surface area (TPSA) is 137 Å². The van der Waals surface area contributed by atoms with Crippen molar-refractivity contribution in [3.05, 3.63) is 68.9 Å². The molecule has 2 rings (SSSR count). The number of benzene rings is 1. The zero-order chi connectivity index (χ0) is 22.1. The molecule has 0 aliphatic heterocycles. The van der Waals surface area contributed by atoms with Crippen LogP contribution in [0.1, 0.15) is 12.5 Å². The second-order valence-corrected chi connectivity index (χ2v) is 6.21. The van der Waals surface area contributed by atoms with Gasteiger partial charge < -0.3 is 15.2 Å². The number of hydrogen-bond donors (Lipinski definition) is 2. The van der Waals surface area contributed by atoms with E-state index in [0.717, 1.165) is 21.1 Å². The van der Waals surface area contributed by atoms with Gasteiger partial charge in [-0.05, 0) is 12.5 Å². The minimum absolute atomic E-state index is 0.0344. The number of hydrogen-bond acceptors (Lipinski definition) is 7. The summed E-state index contributed by atoms with van der Waals surface area (Å²) in [5.74, 6) is -1.57. The molecule has 1 heterocycles. The highest BCUT2D eigenvalue weighted by Gasteiger charge is 2.25. The number of carbonyl (C=O) groups excluding carboxylic acids is 2. The minimum atomic E-state index is -0.828. The van der Waals surface area contributed by atoms with E-state index < -0.39 is 29.7 Å². The Morgan fingerprint density at radius 3 is 2.57 bits per heavy atom. The third-order valence-electron chi connectivity index (χ3n) is 4.13. The Labute approximate surface area is 172 Å². The number of nitrogens with zero attached hydrogens (tertiary/aromatic N) is 2. The van der Waals surface area contributed by atoms with Crippen LogP contribution >= 0.6 is 0 Å². The number of amides is 1. The smallest absolute Gasteiger partial charge is 0.330 e. The first-order valence-electron chi connectivity index (χ1n) is 9.14. The zero-order valence-corrected chi connectivity index (χ0v) is 16.8. The number of nitrogen functional groups attached to an aromatic ring is 1. The monoisotopic (exact) mass is 416 g/mol. The van der Waals surface area contributed by atoms with Crippen LogP contribution < -0.4 is 21.9 Å². The summed E-state index contributed by atoms with van der Waals surface area (Å²) in [5, 5.41) is 0. The Hall–Kier alpha value is -3.66. The van der Waals surface area contributed by atoms with Gasteiger partial charge in [-0.15, -0.1) is 0 Å². The van der Waals surface area contributed by atoms with Gasteiger partial charge in [0.1, 0.15) is 5.82 Å². The van der Waals surface area contributed by atoms with Crippen molar-refractivity contribution < 1.29 is 19.1 Å². The van der Waals surface area contributed by atoms with E-state index in [0.29, 0.717) is 0 Å². The van der Waals surface area contributed by atoms with Crippen molar-refractivity contribution >= 4 is 23.4 Å². The third kappa shape index (κ3) is 5.67. The van der Waals surface area contributed by atoms with Crippen LogP contribution in [0, 0.1) is 0 Å². The first-order chi connectivity index (χ1) is 14.4. The number of carbonyl (C=O) groups is 2. The van der Waals surface area contributed by atoms with Crippen molar-refractivity contribution in [1.82, 2.24) is 9.55 Å². The van der Waals surface area contributed by atoms with E-state index in [1.54, 1.807) is 31.2 Å². The molecule has 0 atom stereocenters. The Morgan fingerprint density at radius 1 is 1.23 bits per heavy atom. The van der Waals surface area contributed by atoms with E-state index in [1.807, 2.05) is 6.07 Å². The summed E-state index contributed by atoms with van der Waals surface area (Å²) in [6.45, 7) is 1.17. The molecule has 1 aromatic heterocycles. The molecule has 30 heavy (non-hydrogen) atoms. The summed E-state index contributed by atoms with van der Waals surface area (Å²) in [4.78, 5) is 52.3. The zero-order valence-electron chi connectivity index (χ0n) is 16.8. The van der Waals surface area contributed by atoms with Crippen molar-refractivity contribution in [2.75, 3.05) is 37.5 Å². The van der Waals surface area contributed by atoms with Crippen molar-refractivity contribution in [3.8, 4) is 0 Å². The molecule has 0 radical (unpaired) electrons. The minimum Gasteiger partial charge on any atom is -0.452 e. The lowest BCUT2D eigenvalue weighted by molar-refractivity contribution is -0.143. The number of nitrogens with two attached hydrogens (primary N) is 1. The number of aromatic amines is 1. The molecule has 10 nitrogen and oxygen atoms in total. The second kappa shape index (κ2) is 10.8. The molecule has 2 aromatic rings. The summed E-state index contributed by atoms with van der Waals surface area (Å²) in [6.07, 6.45) is 2.63. The number of rotatable bonds is 9. The van der Waals surface area contributed by atoms with Gasteiger partial charge in [-0.1, -0.05) is 36.4 Å². The Balaban J connectivity index is 2.43. The van der Waals surface area contributed by atoms with Gasteiger partial charge in [0.2, 0.25) is 0 Å². The van der Waals surface area contributed by atoms with E-state index in [4.69, 9.17) is 15.2 Å². The van der Waals surface area contributed by atoms with Crippen LogP contribution in [0.3, 0.4) is 0 Å². The van der Waals surface area contributed by atoms with Gasteiger partial charge in [0.25, 0.3) is 11.5 Å². The lowest BCUT2D eigenvalue weighted by atomic mass is 10.2. The first kappa shape index (κ1) is 22.6. The Morgan fingerprint density at radius 2 is 1.93 bits per heavy atom. The molecule has 0 saturated carbocycles. The number of H-pyrrole nitrogens is 1. The van der Waals surface area contributed by atoms with Crippen LogP contribution in [0.15, 0.2) is 52.1 Å². The normalized spacial score (nSPS) is 10.9. The van der Waals surface area contributed by atoms with Crippen LogP contribution in [-0.4, -0.2) is 48.3 Å². The van der Waals surface area contributed by atoms with Crippen molar-refractivity contribution in [3.63, 3.8) is 0 Å². The predicted octanol–water partition coefficient (Wildman–Crippen LogP) is 0.266. The maximum Gasteiger partial charge on any atom is 0.330 e. The van der Waals surface area contributed by atoms with Gasteiger partial charge in [-0.3, -0.25) is 24.0 Å². The number of ether oxygens (including phenoxy) is 2. The van der Waals surface area contributed by atoms with Gasteiger partial charge >= 0.3 is 11.7 Å². The lowest BCUT2D eigenvalue weighted by Gasteiger charge is -2.24. The molecule has 0 unspecified atom stereocenters. The molecule has 0 fully saturated rings. The van der Waals surface area contributed by atoms with Crippen LogP contribution in [0.2, 0.25) is 0 Å². The molecule has 160 valence electrons. The lowest BCUT2D eigenvalue weighted by Crippen LogP contribution is -2.44. The van der Waals surface area contributed by atoms with E-state index >= 15 is 0 Å². The van der Waals surface area contributed by atoms with Gasteiger partial charge in [0, 0.05) is 19.7 Å². The largest absolute Gasteiger partial charge is 0.452 e. The van der Waals surface area contributed by atoms with E-state index in [9.17, 15) is 19.2 Å². The van der Waals surface area contributed by atoms with E-state index in [1.165, 1.54) is 13.2 Å². The van der Waals surface area contributed by atoms with Crippen LogP contribution in [-0.2, 0) is 25.6 Å². The van der Waals surface area contributed by atoms with Crippen LogP contribution in [0.25, 0.3) is 0 Å². The fourth-order valence-corrected chi connectivity index (χ4v) is 2.70. The summed E-state index contributed by atoms with van der Waals surface area (Å²) >= 11 is 0. The highest BCUT2D eigenvalue weighted by Crippen LogP contribution is 2.18. The predicted molar refractivity (Wildman–Crippen MR) is 111 cm³/mol. The maximum absolute atomic E-state index is 12.7. The van der Waals surface area contributed by atoms with Crippen molar-refractivity contribution in [2.24, 2.45) is 0 Å². The second-order valence-electron chi connectivity index (χ2n) is 6.21. The molecule has 0 aliphatic carbocycles. The Bertz CT molecular complexity index is 1030. The summed E-state index contributed by atoms with van der Waals surface area (Å²) < 4.78 is 11.0. The maximum atomic E-state index is 12.7. The number of anilines is 2. The summed E-state index contributed by atoms with van der Waals surface area (Å²) in [5.41, 5.74) is 5.17. The average molecular weight is 416 g/mol. The number of nitrogens with one attached hydrogen (secondary N) is 1. The number of esters is 1. The fraction of sp³-hybridized carbons (Fsp3) is 0.300. The first-order valence-corrected chi connectivity index (χ1v) is 9.14. The highest BCUT2D eigenvalue weighted by molar-refractivity contribution is 5.97. The molecule has 0 saturated heterocycles. The number of allylic oxidation sites excluding steroid dienone is 1. The van der Waals surface area contributed by atoms with Crippen LogP contribution in [0.5, 0.6) is 0 Å². The third-order valence-corrected chi connectivity index (χ3v) is 4.13. The molecule has 3 N–H and O–H groups in total. The molecule has 0 aliphatic rings. The molecular formula is C20H24N4O6.